The fourth-order valence-corrected chi connectivity index (χ4v) is 2.04. The number of amides is 1. The molecule has 0 saturated carbocycles. The molecule has 0 aliphatic carbocycles. The average molecular weight is 379 g/mol. The zero-order valence-corrected chi connectivity index (χ0v) is 13.6. The van der Waals surface area contributed by atoms with Crippen LogP contribution >= 0.6 is 11.6 Å². The third-order valence-electron chi connectivity index (χ3n) is 3.09. The van der Waals surface area contributed by atoms with Gasteiger partial charge in [-0.2, -0.15) is 5.26 Å². The van der Waals surface area contributed by atoms with E-state index >= 15 is 0 Å². The first-order chi connectivity index (χ1) is 12.3. The van der Waals surface area contributed by atoms with Crippen molar-refractivity contribution < 1.29 is 18.5 Å². The van der Waals surface area contributed by atoms with E-state index in [4.69, 9.17) is 16.9 Å². The van der Waals surface area contributed by atoms with E-state index in [-0.39, 0.29) is 10.7 Å². The van der Waals surface area contributed by atoms with Crippen LogP contribution in [0.25, 0.3) is 0 Å². The van der Waals surface area contributed by atoms with Crippen molar-refractivity contribution in [3.05, 3.63) is 74.9 Å². The highest BCUT2D eigenvalue weighted by Crippen LogP contribution is 2.27. The van der Waals surface area contributed by atoms with Crippen LogP contribution in [0.1, 0.15) is 0 Å². The van der Waals surface area contributed by atoms with Gasteiger partial charge in [0.25, 0.3) is 11.6 Å². The zero-order valence-electron chi connectivity index (χ0n) is 12.8. The van der Waals surface area contributed by atoms with E-state index < -0.39 is 39.4 Å². The van der Waals surface area contributed by atoms with E-state index in [1.807, 2.05) is 0 Å². The van der Waals surface area contributed by atoms with Crippen molar-refractivity contribution in [2.24, 2.45) is 0 Å². The van der Waals surface area contributed by atoms with Crippen molar-refractivity contribution in [1.29, 1.82) is 5.26 Å². The smallest absolute Gasteiger partial charge is 0.289 e. The number of nitriles is 1. The first-order valence-corrected chi connectivity index (χ1v) is 7.27. The van der Waals surface area contributed by atoms with Crippen LogP contribution in [0.3, 0.4) is 0 Å². The summed E-state index contributed by atoms with van der Waals surface area (Å²) in [5, 5.41) is 24.2. The van der Waals surface area contributed by atoms with E-state index in [1.54, 1.807) is 6.07 Å². The van der Waals surface area contributed by atoms with Crippen molar-refractivity contribution in [3.8, 4) is 6.07 Å². The number of carbonyl (C=O) groups is 1. The average Bonchev–Trinajstić information content (AvgIpc) is 2.59. The number of nitrogens with zero attached hydrogens (tertiary/aromatic N) is 2. The first-order valence-electron chi connectivity index (χ1n) is 6.89. The highest BCUT2D eigenvalue weighted by atomic mass is 35.5. The molecule has 0 spiro atoms. The lowest BCUT2D eigenvalue weighted by Crippen LogP contribution is -2.15. The van der Waals surface area contributed by atoms with Crippen LogP contribution < -0.4 is 10.6 Å². The van der Waals surface area contributed by atoms with E-state index in [1.165, 1.54) is 12.1 Å². The Balaban J connectivity index is 2.20. The Bertz CT molecular complexity index is 937. The second-order valence-electron chi connectivity index (χ2n) is 4.79. The van der Waals surface area contributed by atoms with Gasteiger partial charge in [-0.3, -0.25) is 14.9 Å². The molecule has 0 aromatic heterocycles. The van der Waals surface area contributed by atoms with Crippen molar-refractivity contribution in [2.45, 2.75) is 0 Å². The molecule has 0 aliphatic rings. The summed E-state index contributed by atoms with van der Waals surface area (Å²) in [5.41, 5.74) is -1.46. The number of nitro groups is 1. The number of nitro benzene ring substituents is 1. The number of nitrogens with one attached hydrogen (secondary N) is 2. The molecular weight excluding hydrogens is 370 g/mol. The Morgan fingerprint density at radius 1 is 1.27 bits per heavy atom. The number of hydrogen-bond donors (Lipinski definition) is 2. The second kappa shape index (κ2) is 8.04. The van der Waals surface area contributed by atoms with Gasteiger partial charge < -0.3 is 10.6 Å². The van der Waals surface area contributed by atoms with Gasteiger partial charge in [-0.05, 0) is 24.3 Å². The number of para-hydroxylation sites is 1. The summed E-state index contributed by atoms with van der Waals surface area (Å²) in [6, 6.07) is 8.23. The highest BCUT2D eigenvalue weighted by Gasteiger charge is 2.16. The van der Waals surface area contributed by atoms with Crippen LogP contribution in [0, 0.1) is 33.1 Å². The van der Waals surface area contributed by atoms with Crippen LogP contribution in [-0.2, 0) is 4.79 Å². The van der Waals surface area contributed by atoms with Gasteiger partial charge in [0.1, 0.15) is 34.0 Å². The molecule has 0 unspecified atom stereocenters. The Hall–Kier alpha value is -3.51. The minimum atomic E-state index is -0.937. The molecule has 2 N–H and O–H groups in total. The number of halogens is 3. The Morgan fingerprint density at radius 3 is 2.50 bits per heavy atom. The van der Waals surface area contributed by atoms with Gasteiger partial charge in [-0.15, -0.1) is 0 Å². The lowest BCUT2D eigenvalue weighted by atomic mass is 10.2. The number of anilines is 2. The maximum atomic E-state index is 13.5. The Morgan fingerprint density at radius 2 is 1.92 bits per heavy atom. The number of carbonyl (C=O) groups excluding carboxylic acids is 1. The van der Waals surface area contributed by atoms with Crippen LogP contribution in [0.5, 0.6) is 0 Å². The van der Waals surface area contributed by atoms with Gasteiger partial charge in [-0.1, -0.05) is 17.7 Å². The topological polar surface area (TPSA) is 108 Å². The first kappa shape index (κ1) is 18.8. The summed E-state index contributed by atoms with van der Waals surface area (Å²) in [5.74, 6) is -2.76. The molecule has 0 fully saturated rings. The largest absolute Gasteiger partial charge is 0.355 e. The summed E-state index contributed by atoms with van der Waals surface area (Å²) in [6.07, 6.45) is 0.821. The maximum absolute atomic E-state index is 13.5. The van der Waals surface area contributed by atoms with Crippen molar-refractivity contribution in [3.63, 3.8) is 0 Å². The summed E-state index contributed by atoms with van der Waals surface area (Å²) in [4.78, 5) is 22.2. The van der Waals surface area contributed by atoms with Crippen LogP contribution in [0.4, 0.5) is 25.8 Å². The van der Waals surface area contributed by atoms with Gasteiger partial charge in [0.2, 0.25) is 0 Å². The lowest BCUT2D eigenvalue weighted by Gasteiger charge is -2.07. The van der Waals surface area contributed by atoms with E-state index in [9.17, 15) is 23.7 Å². The minimum Gasteiger partial charge on any atom is -0.355 e. The Kier molecular flexibility index (Phi) is 5.82. The molecule has 0 radical (unpaired) electrons. The van der Waals surface area contributed by atoms with E-state index in [0.29, 0.717) is 0 Å². The number of benzene rings is 2. The number of rotatable bonds is 5. The number of hydrogen-bond acceptors (Lipinski definition) is 5. The van der Waals surface area contributed by atoms with Crippen molar-refractivity contribution >= 4 is 34.6 Å². The summed E-state index contributed by atoms with van der Waals surface area (Å²) in [7, 11) is 0. The zero-order chi connectivity index (χ0) is 19.3. The molecule has 2 rings (SSSR count). The van der Waals surface area contributed by atoms with Gasteiger partial charge in [0.05, 0.1) is 4.92 Å². The standard InChI is InChI=1S/C16H9ClF2N4O3/c17-11-5-4-10(6-14(11)23(25)26)22-16(24)9(7-20)8-21-15-12(18)2-1-3-13(15)19/h1-6,8,21H,(H,22,24)/b9-8-. The minimum absolute atomic E-state index is 0.0179. The highest BCUT2D eigenvalue weighted by molar-refractivity contribution is 6.32. The summed E-state index contributed by atoms with van der Waals surface area (Å²) < 4.78 is 27.0. The van der Waals surface area contributed by atoms with E-state index in [0.717, 1.165) is 30.5 Å². The molecule has 0 atom stereocenters. The van der Waals surface area contributed by atoms with E-state index in [2.05, 4.69) is 10.6 Å². The molecule has 1 amide bonds. The Labute approximate surface area is 150 Å². The summed E-state index contributed by atoms with van der Waals surface area (Å²) in [6.45, 7) is 0. The normalized spacial score (nSPS) is 10.8. The molecule has 2 aromatic rings. The third-order valence-corrected chi connectivity index (χ3v) is 3.41. The van der Waals surface area contributed by atoms with Crippen LogP contribution in [0.15, 0.2) is 48.2 Å². The van der Waals surface area contributed by atoms with Crippen molar-refractivity contribution in [1.82, 2.24) is 0 Å². The third kappa shape index (κ3) is 4.31. The van der Waals surface area contributed by atoms with Crippen LogP contribution in [-0.4, -0.2) is 10.8 Å². The fraction of sp³-hybridized carbons (Fsp3) is 0. The molecule has 10 heteroatoms. The molecule has 26 heavy (non-hydrogen) atoms. The SMILES string of the molecule is N#C/C(=C/Nc1c(F)cccc1F)C(=O)Nc1ccc(Cl)c([N+](=O)[O-])c1. The molecule has 7 nitrogen and oxygen atoms in total. The van der Waals surface area contributed by atoms with Gasteiger partial charge in [0, 0.05) is 18.0 Å². The molecule has 0 heterocycles. The second-order valence-corrected chi connectivity index (χ2v) is 5.20. The fourth-order valence-electron chi connectivity index (χ4n) is 1.86. The maximum Gasteiger partial charge on any atom is 0.289 e. The molecule has 0 aliphatic heterocycles. The molecular formula is C16H9ClF2N4O3. The molecule has 0 saturated heterocycles. The summed E-state index contributed by atoms with van der Waals surface area (Å²) >= 11 is 5.67. The molecule has 0 bridgehead atoms. The lowest BCUT2D eigenvalue weighted by molar-refractivity contribution is -0.384. The molecule has 132 valence electrons. The van der Waals surface area contributed by atoms with Gasteiger partial charge >= 0.3 is 0 Å². The van der Waals surface area contributed by atoms with Gasteiger partial charge in [-0.25, -0.2) is 8.78 Å². The van der Waals surface area contributed by atoms with Crippen LogP contribution in [0.2, 0.25) is 5.02 Å². The predicted molar refractivity (Wildman–Crippen MR) is 90.4 cm³/mol. The quantitative estimate of drug-likeness (QED) is 0.354. The predicted octanol–water partition coefficient (Wildman–Crippen LogP) is 3.98. The van der Waals surface area contributed by atoms with Crippen molar-refractivity contribution in [2.75, 3.05) is 10.6 Å². The molecule has 2 aromatic carbocycles. The monoisotopic (exact) mass is 378 g/mol. The van der Waals surface area contributed by atoms with Gasteiger partial charge in [0.15, 0.2) is 0 Å².